The van der Waals surface area contributed by atoms with Gasteiger partial charge < -0.3 is 0 Å². The Morgan fingerprint density at radius 3 is 2.73 bits per heavy atom. The predicted octanol–water partition coefficient (Wildman–Crippen LogP) is 2.96. The lowest BCUT2D eigenvalue weighted by atomic mass is 10.00. The number of amidine groups is 1. The average molecular weight is 314 g/mol. The van der Waals surface area contributed by atoms with E-state index in [9.17, 15) is 8.42 Å². The maximum atomic E-state index is 11.8. The minimum atomic E-state index is -3.27. The van der Waals surface area contributed by atoms with Crippen molar-refractivity contribution in [2.45, 2.75) is 13.3 Å². The Labute approximate surface area is 130 Å². The fraction of sp³-hybridized carbons (Fsp3) is 0.235. The highest BCUT2D eigenvalue weighted by Gasteiger charge is 2.21. The van der Waals surface area contributed by atoms with Gasteiger partial charge in [-0.2, -0.15) is 0 Å². The molecule has 4 nitrogen and oxygen atoms in total. The van der Waals surface area contributed by atoms with Crippen molar-refractivity contribution in [2.24, 2.45) is 4.99 Å². The fourth-order valence-electron chi connectivity index (χ4n) is 2.56. The first kappa shape index (κ1) is 14.8. The van der Waals surface area contributed by atoms with Crippen LogP contribution in [-0.4, -0.2) is 26.6 Å². The Bertz CT molecular complexity index is 867. The van der Waals surface area contributed by atoms with Gasteiger partial charge in [-0.3, -0.25) is 9.71 Å². The van der Waals surface area contributed by atoms with Crippen molar-refractivity contribution in [3.8, 4) is 0 Å². The molecule has 0 amide bonds. The maximum Gasteiger partial charge on any atom is 0.235 e. The standard InChI is InChI=1S/C17H18N2O2S/c1-2-5-16(17-18-10-11-22(20,21)19-17)15-9-8-13-6-3-4-7-14(13)12-15/h3-9,12H,2,10-11H2,1H3,(H,18,19)/b16-5-. The summed E-state index contributed by atoms with van der Waals surface area (Å²) in [4.78, 5) is 4.36. The SMILES string of the molecule is CC/C=C(\C1=NCCS(=O)(=O)N1)c1ccc2ccccc2c1. The summed E-state index contributed by atoms with van der Waals surface area (Å²) in [7, 11) is -3.27. The summed E-state index contributed by atoms with van der Waals surface area (Å²) in [6.07, 6.45) is 2.82. The van der Waals surface area contributed by atoms with Crippen molar-refractivity contribution < 1.29 is 8.42 Å². The summed E-state index contributed by atoms with van der Waals surface area (Å²) in [6.45, 7) is 2.33. The highest BCUT2D eigenvalue weighted by molar-refractivity contribution is 7.90. The van der Waals surface area contributed by atoms with E-state index in [4.69, 9.17) is 0 Å². The third kappa shape index (κ3) is 3.04. The molecule has 1 N–H and O–H groups in total. The Hall–Kier alpha value is -2.14. The van der Waals surface area contributed by atoms with Gasteiger partial charge in [0.1, 0.15) is 5.84 Å². The van der Waals surface area contributed by atoms with Gasteiger partial charge in [0.25, 0.3) is 0 Å². The third-order valence-corrected chi connectivity index (χ3v) is 4.83. The van der Waals surface area contributed by atoms with Crippen LogP contribution in [0.5, 0.6) is 0 Å². The Balaban J connectivity index is 2.07. The van der Waals surface area contributed by atoms with Crippen LogP contribution in [0.25, 0.3) is 16.3 Å². The van der Waals surface area contributed by atoms with Gasteiger partial charge in [-0.25, -0.2) is 8.42 Å². The first-order chi connectivity index (χ1) is 10.6. The maximum absolute atomic E-state index is 11.8. The summed E-state index contributed by atoms with van der Waals surface area (Å²) in [6, 6.07) is 14.2. The van der Waals surface area contributed by atoms with E-state index >= 15 is 0 Å². The smallest absolute Gasteiger partial charge is 0.235 e. The molecule has 0 unspecified atom stereocenters. The van der Waals surface area contributed by atoms with Gasteiger partial charge in [0.2, 0.25) is 10.0 Å². The van der Waals surface area contributed by atoms with Crippen molar-refractivity contribution >= 4 is 32.2 Å². The molecule has 3 rings (SSSR count). The second-order valence-corrected chi connectivity index (χ2v) is 7.08. The molecule has 22 heavy (non-hydrogen) atoms. The van der Waals surface area contributed by atoms with Gasteiger partial charge in [0.15, 0.2) is 0 Å². The Kier molecular flexibility index (Phi) is 3.98. The summed E-state index contributed by atoms with van der Waals surface area (Å²) in [5.74, 6) is 0.497. The number of sulfonamides is 1. The lowest BCUT2D eigenvalue weighted by Crippen LogP contribution is -2.38. The lowest BCUT2D eigenvalue weighted by molar-refractivity contribution is 0.590. The van der Waals surface area contributed by atoms with Gasteiger partial charge in [-0.15, -0.1) is 0 Å². The van der Waals surface area contributed by atoms with Crippen LogP contribution in [-0.2, 0) is 10.0 Å². The van der Waals surface area contributed by atoms with Gasteiger partial charge in [0.05, 0.1) is 12.3 Å². The number of fused-ring (bicyclic) bond motifs is 1. The van der Waals surface area contributed by atoms with Gasteiger partial charge in [-0.1, -0.05) is 49.4 Å². The molecular weight excluding hydrogens is 296 g/mol. The molecule has 114 valence electrons. The summed E-state index contributed by atoms with van der Waals surface area (Å²) >= 11 is 0. The predicted molar refractivity (Wildman–Crippen MR) is 91.4 cm³/mol. The van der Waals surface area contributed by atoms with Gasteiger partial charge in [-0.05, 0) is 28.8 Å². The molecule has 0 radical (unpaired) electrons. The van der Waals surface area contributed by atoms with Crippen molar-refractivity contribution in [2.75, 3.05) is 12.3 Å². The minimum absolute atomic E-state index is 0.0492. The first-order valence-corrected chi connectivity index (χ1v) is 8.99. The van der Waals surface area contributed by atoms with Crippen LogP contribution in [0.2, 0.25) is 0 Å². The molecule has 5 heteroatoms. The van der Waals surface area contributed by atoms with E-state index in [0.29, 0.717) is 12.4 Å². The second kappa shape index (κ2) is 5.93. The number of benzene rings is 2. The van der Waals surface area contributed by atoms with Crippen LogP contribution < -0.4 is 4.72 Å². The van der Waals surface area contributed by atoms with Crippen molar-refractivity contribution in [3.63, 3.8) is 0 Å². The van der Waals surface area contributed by atoms with E-state index in [1.54, 1.807) is 0 Å². The number of rotatable bonds is 3. The first-order valence-electron chi connectivity index (χ1n) is 7.34. The number of nitrogens with zero attached hydrogens (tertiary/aromatic N) is 1. The number of hydrogen-bond donors (Lipinski definition) is 1. The van der Waals surface area contributed by atoms with Crippen molar-refractivity contribution in [1.82, 2.24) is 4.72 Å². The summed E-state index contributed by atoms with van der Waals surface area (Å²) in [5, 5.41) is 2.29. The van der Waals surface area contributed by atoms with Crippen LogP contribution in [0.15, 0.2) is 53.5 Å². The molecule has 0 spiro atoms. The zero-order valence-corrected chi connectivity index (χ0v) is 13.2. The Morgan fingerprint density at radius 2 is 2.00 bits per heavy atom. The largest absolute Gasteiger partial charge is 0.267 e. The molecule has 0 fully saturated rings. The van der Waals surface area contributed by atoms with Crippen LogP contribution >= 0.6 is 0 Å². The Morgan fingerprint density at radius 1 is 1.23 bits per heavy atom. The number of aliphatic imine (C=N–C) groups is 1. The highest BCUT2D eigenvalue weighted by Crippen LogP contribution is 2.23. The average Bonchev–Trinajstić information content (AvgIpc) is 2.51. The molecule has 0 atom stereocenters. The molecular formula is C17H18N2O2S. The van der Waals surface area contributed by atoms with Gasteiger partial charge >= 0.3 is 0 Å². The van der Waals surface area contributed by atoms with Gasteiger partial charge in [0, 0.05) is 5.57 Å². The zero-order valence-electron chi connectivity index (χ0n) is 12.4. The normalized spacial score (nSPS) is 17.9. The second-order valence-electron chi connectivity index (χ2n) is 5.24. The molecule has 2 aromatic carbocycles. The van der Waals surface area contributed by atoms with E-state index in [1.165, 1.54) is 0 Å². The van der Waals surface area contributed by atoms with E-state index in [2.05, 4.69) is 27.9 Å². The molecule has 1 heterocycles. The molecule has 1 aliphatic heterocycles. The lowest BCUT2D eigenvalue weighted by Gasteiger charge is -2.18. The summed E-state index contributed by atoms with van der Waals surface area (Å²) < 4.78 is 26.2. The van der Waals surface area contributed by atoms with E-state index in [-0.39, 0.29) is 5.75 Å². The van der Waals surface area contributed by atoms with E-state index < -0.39 is 10.0 Å². The van der Waals surface area contributed by atoms with Crippen LogP contribution in [0.3, 0.4) is 0 Å². The number of allylic oxidation sites excluding steroid dienone is 1. The molecule has 2 aromatic rings. The highest BCUT2D eigenvalue weighted by atomic mass is 32.2. The van der Waals surface area contributed by atoms with Crippen LogP contribution in [0.4, 0.5) is 0 Å². The third-order valence-electron chi connectivity index (χ3n) is 3.61. The number of hydrogen-bond acceptors (Lipinski definition) is 3. The number of nitrogens with one attached hydrogen (secondary N) is 1. The van der Waals surface area contributed by atoms with Crippen LogP contribution in [0.1, 0.15) is 18.9 Å². The molecule has 0 aromatic heterocycles. The van der Waals surface area contributed by atoms with Crippen LogP contribution in [0, 0.1) is 0 Å². The van der Waals surface area contributed by atoms with E-state index in [1.807, 2.05) is 37.3 Å². The molecule has 0 saturated carbocycles. The fourth-order valence-corrected chi connectivity index (χ4v) is 3.46. The van der Waals surface area contributed by atoms with Crippen molar-refractivity contribution in [3.05, 3.63) is 54.1 Å². The van der Waals surface area contributed by atoms with E-state index in [0.717, 1.165) is 28.3 Å². The summed E-state index contributed by atoms with van der Waals surface area (Å²) in [5.41, 5.74) is 1.82. The topological polar surface area (TPSA) is 58.5 Å². The quantitative estimate of drug-likeness (QED) is 0.947. The molecule has 0 saturated heterocycles. The minimum Gasteiger partial charge on any atom is -0.267 e. The molecule has 1 aliphatic rings. The molecule has 0 bridgehead atoms. The van der Waals surface area contributed by atoms with Crippen molar-refractivity contribution in [1.29, 1.82) is 0 Å². The monoisotopic (exact) mass is 314 g/mol. The molecule has 0 aliphatic carbocycles. The zero-order chi connectivity index (χ0) is 15.6.